The summed E-state index contributed by atoms with van der Waals surface area (Å²) in [5.74, 6) is -0.362. The standard InChI is InChI=1S/C18H22N2O2S/c1-11(2)23-15-8-6-14(7-9-15)13(4)20-18(22)16-10-5-12(3)19-17(16)21/h5-11,13H,1-4H3,(H,19,21)(H,20,22). The average Bonchev–Trinajstić information content (AvgIpc) is 2.47. The molecule has 4 nitrogen and oxygen atoms in total. The highest BCUT2D eigenvalue weighted by Gasteiger charge is 2.14. The molecule has 0 aliphatic heterocycles. The molecule has 1 atom stereocenters. The monoisotopic (exact) mass is 330 g/mol. The number of carbonyl (C=O) groups excluding carboxylic acids is 1. The van der Waals surface area contributed by atoms with Crippen LogP contribution in [0.25, 0.3) is 0 Å². The highest BCUT2D eigenvalue weighted by atomic mass is 32.2. The molecule has 0 saturated carbocycles. The van der Waals surface area contributed by atoms with Gasteiger partial charge in [0, 0.05) is 15.8 Å². The van der Waals surface area contributed by atoms with Crippen molar-refractivity contribution in [2.45, 2.75) is 43.9 Å². The molecule has 1 unspecified atom stereocenters. The lowest BCUT2D eigenvalue weighted by atomic mass is 10.1. The lowest BCUT2D eigenvalue weighted by Crippen LogP contribution is -2.31. The van der Waals surface area contributed by atoms with E-state index >= 15 is 0 Å². The van der Waals surface area contributed by atoms with Gasteiger partial charge in [-0.05, 0) is 43.7 Å². The number of aryl methyl sites for hydroxylation is 1. The Morgan fingerprint density at radius 3 is 2.30 bits per heavy atom. The fourth-order valence-electron chi connectivity index (χ4n) is 2.22. The van der Waals surface area contributed by atoms with Crippen LogP contribution in [0.3, 0.4) is 0 Å². The van der Waals surface area contributed by atoms with Crippen molar-refractivity contribution in [1.29, 1.82) is 0 Å². The molecule has 2 N–H and O–H groups in total. The van der Waals surface area contributed by atoms with Crippen LogP contribution >= 0.6 is 11.8 Å². The van der Waals surface area contributed by atoms with Crippen LogP contribution in [0, 0.1) is 6.92 Å². The zero-order chi connectivity index (χ0) is 17.0. The predicted molar refractivity (Wildman–Crippen MR) is 95.1 cm³/mol. The van der Waals surface area contributed by atoms with Gasteiger partial charge in [0.05, 0.1) is 6.04 Å². The quantitative estimate of drug-likeness (QED) is 0.822. The minimum absolute atomic E-state index is 0.134. The second-order valence-corrected chi connectivity index (χ2v) is 7.46. The average molecular weight is 330 g/mol. The number of nitrogens with one attached hydrogen (secondary N) is 2. The molecule has 5 heteroatoms. The number of hydrogen-bond acceptors (Lipinski definition) is 3. The zero-order valence-electron chi connectivity index (χ0n) is 13.8. The second-order valence-electron chi connectivity index (χ2n) is 5.81. The minimum atomic E-state index is -0.363. The molecular formula is C18H22N2O2S. The Kier molecular flexibility index (Phi) is 5.66. The number of H-pyrrole nitrogens is 1. The van der Waals surface area contributed by atoms with Crippen LogP contribution in [0.15, 0.2) is 46.1 Å². The van der Waals surface area contributed by atoms with Crippen LogP contribution < -0.4 is 10.9 Å². The summed E-state index contributed by atoms with van der Waals surface area (Å²) in [6.07, 6.45) is 0. The molecule has 0 fully saturated rings. The Labute approximate surface area is 140 Å². The van der Waals surface area contributed by atoms with Gasteiger partial charge in [0.15, 0.2) is 0 Å². The van der Waals surface area contributed by atoms with E-state index in [4.69, 9.17) is 0 Å². The smallest absolute Gasteiger partial charge is 0.260 e. The molecule has 0 saturated heterocycles. The third-order valence-electron chi connectivity index (χ3n) is 3.40. The van der Waals surface area contributed by atoms with E-state index in [1.54, 1.807) is 30.8 Å². The number of benzene rings is 1. The first kappa shape index (κ1) is 17.3. The van der Waals surface area contributed by atoms with Crippen LogP contribution in [-0.2, 0) is 0 Å². The Bertz CT molecular complexity index is 735. The van der Waals surface area contributed by atoms with Crippen molar-refractivity contribution in [1.82, 2.24) is 10.3 Å². The first-order valence-electron chi connectivity index (χ1n) is 7.64. The molecule has 1 amide bonds. The number of aromatic amines is 1. The fourth-order valence-corrected chi connectivity index (χ4v) is 3.05. The van der Waals surface area contributed by atoms with Gasteiger partial charge in [0.25, 0.3) is 11.5 Å². The van der Waals surface area contributed by atoms with Crippen molar-refractivity contribution >= 4 is 17.7 Å². The van der Waals surface area contributed by atoms with Gasteiger partial charge in [-0.2, -0.15) is 0 Å². The van der Waals surface area contributed by atoms with E-state index in [2.05, 4.69) is 36.3 Å². The van der Waals surface area contributed by atoms with E-state index in [0.717, 1.165) is 11.3 Å². The van der Waals surface area contributed by atoms with Crippen LogP contribution in [0.5, 0.6) is 0 Å². The summed E-state index contributed by atoms with van der Waals surface area (Å²) in [6.45, 7) is 7.99. The third-order valence-corrected chi connectivity index (χ3v) is 4.42. The third kappa shape index (κ3) is 4.73. The van der Waals surface area contributed by atoms with Gasteiger partial charge in [-0.3, -0.25) is 9.59 Å². The normalized spacial score (nSPS) is 12.2. The van der Waals surface area contributed by atoms with Gasteiger partial charge in [-0.15, -0.1) is 11.8 Å². The number of carbonyl (C=O) groups is 1. The largest absolute Gasteiger partial charge is 0.345 e. The maximum absolute atomic E-state index is 12.2. The number of rotatable bonds is 5. The minimum Gasteiger partial charge on any atom is -0.345 e. The molecule has 1 heterocycles. The van der Waals surface area contributed by atoms with Gasteiger partial charge >= 0.3 is 0 Å². The Morgan fingerprint density at radius 2 is 1.74 bits per heavy atom. The van der Waals surface area contributed by atoms with Gasteiger partial charge < -0.3 is 10.3 Å². The van der Waals surface area contributed by atoms with Crippen LogP contribution in [0.1, 0.15) is 48.4 Å². The number of amides is 1. The number of aromatic nitrogens is 1. The predicted octanol–water partition coefficient (Wildman–Crippen LogP) is 3.67. The molecule has 0 aliphatic rings. The molecule has 1 aromatic heterocycles. The molecule has 122 valence electrons. The molecule has 0 aliphatic carbocycles. The lowest BCUT2D eigenvalue weighted by Gasteiger charge is -2.15. The van der Waals surface area contributed by atoms with E-state index in [1.807, 2.05) is 19.1 Å². The summed E-state index contributed by atoms with van der Waals surface area (Å²) in [5.41, 5.74) is 1.51. The van der Waals surface area contributed by atoms with Crippen molar-refractivity contribution in [3.05, 3.63) is 63.6 Å². The van der Waals surface area contributed by atoms with E-state index < -0.39 is 0 Å². The zero-order valence-corrected chi connectivity index (χ0v) is 14.7. The highest BCUT2D eigenvalue weighted by Crippen LogP contribution is 2.24. The molecule has 23 heavy (non-hydrogen) atoms. The van der Waals surface area contributed by atoms with Crippen LogP contribution in [-0.4, -0.2) is 16.1 Å². The van der Waals surface area contributed by atoms with E-state index in [0.29, 0.717) is 5.25 Å². The summed E-state index contributed by atoms with van der Waals surface area (Å²) < 4.78 is 0. The summed E-state index contributed by atoms with van der Waals surface area (Å²) in [7, 11) is 0. The number of pyridine rings is 1. The number of hydrogen-bond donors (Lipinski definition) is 2. The van der Waals surface area contributed by atoms with Gasteiger partial charge in [0.1, 0.15) is 5.56 Å². The van der Waals surface area contributed by atoms with Crippen molar-refractivity contribution in [2.24, 2.45) is 0 Å². The van der Waals surface area contributed by atoms with Crippen LogP contribution in [0.2, 0.25) is 0 Å². The molecule has 1 aromatic carbocycles. The maximum atomic E-state index is 12.2. The summed E-state index contributed by atoms with van der Waals surface area (Å²) in [6, 6.07) is 11.2. The van der Waals surface area contributed by atoms with Gasteiger partial charge in [-0.1, -0.05) is 26.0 Å². The Hall–Kier alpha value is -2.01. The summed E-state index contributed by atoms with van der Waals surface area (Å²) in [5, 5.41) is 3.40. The van der Waals surface area contributed by atoms with E-state index in [-0.39, 0.29) is 23.1 Å². The van der Waals surface area contributed by atoms with Crippen molar-refractivity contribution in [2.75, 3.05) is 0 Å². The van der Waals surface area contributed by atoms with Gasteiger partial charge in [0.2, 0.25) is 0 Å². The maximum Gasteiger partial charge on any atom is 0.260 e. The first-order valence-corrected chi connectivity index (χ1v) is 8.52. The molecule has 0 radical (unpaired) electrons. The Balaban J connectivity index is 2.07. The first-order chi connectivity index (χ1) is 10.9. The Morgan fingerprint density at radius 1 is 1.09 bits per heavy atom. The van der Waals surface area contributed by atoms with E-state index in [1.165, 1.54) is 4.90 Å². The van der Waals surface area contributed by atoms with Crippen molar-refractivity contribution in [3.63, 3.8) is 0 Å². The van der Waals surface area contributed by atoms with Gasteiger partial charge in [-0.25, -0.2) is 0 Å². The second kappa shape index (κ2) is 7.51. The van der Waals surface area contributed by atoms with Crippen molar-refractivity contribution < 1.29 is 4.79 Å². The summed E-state index contributed by atoms with van der Waals surface area (Å²) >= 11 is 1.80. The lowest BCUT2D eigenvalue weighted by molar-refractivity contribution is 0.0938. The molecular weight excluding hydrogens is 308 g/mol. The number of thioether (sulfide) groups is 1. The van der Waals surface area contributed by atoms with Crippen LogP contribution in [0.4, 0.5) is 0 Å². The molecule has 0 bridgehead atoms. The molecule has 2 aromatic rings. The van der Waals surface area contributed by atoms with Crippen molar-refractivity contribution in [3.8, 4) is 0 Å². The highest BCUT2D eigenvalue weighted by molar-refractivity contribution is 7.99. The molecule has 0 spiro atoms. The van der Waals surface area contributed by atoms with E-state index in [9.17, 15) is 9.59 Å². The molecule has 2 rings (SSSR count). The SMILES string of the molecule is Cc1ccc(C(=O)NC(C)c2ccc(SC(C)C)cc2)c(=O)[nH]1. The summed E-state index contributed by atoms with van der Waals surface area (Å²) in [4.78, 5) is 27.9. The fraction of sp³-hybridized carbons (Fsp3) is 0.333. The topological polar surface area (TPSA) is 62.0 Å².